The molecule has 0 radical (unpaired) electrons. The highest BCUT2D eigenvalue weighted by atomic mass is 127. The SMILES string of the molecule is CN1CCCC(N2CCN(C(=O)c3ccc(I)cc3Cl)CC2)C1. The van der Waals surface area contributed by atoms with Crippen LogP contribution in [0.4, 0.5) is 0 Å². The van der Waals surface area contributed by atoms with Gasteiger partial charge in [-0.05, 0) is 67.2 Å². The zero-order valence-electron chi connectivity index (χ0n) is 13.5. The van der Waals surface area contributed by atoms with Crippen molar-refractivity contribution >= 4 is 40.1 Å². The van der Waals surface area contributed by atoms with Crippen molar-refractivity contribution in [1.29, 1.82) is 0 Å². The second-order valence-electron chi connectivity index (χ2n) is 6.51. The van der Waals surface area contributed by atoms with Crippen molar-refractivity contribution in [2.24, 2.45) is 0 Å². The lowest BCUT2D eigenvalue weighted by Gasteiger charge is -2.42. The first kappa shape index (κ1) is 17.5. The molecule has 126 valence electrons. The summed E-state index contributed by atoms with van der Waals surface area (Å²) >= 11 is 8.45. The molecule has 23 heavy (non-hydrogen) atoms. The van der Waals surface area contributed by atoms with Crippen molar-refractivity contribution in [3.63, 3.8) is 0 Å². The number of hydrogen-bond acceptors (Lipinski definition) is 3. The van der Waals surface area contributed by atoms with Gasteiger partial charge in [0.1, 0.15) is 0 Å². The Hall–Kier alpha value is -0.370. The zero-order chi connectivity index (χ0) is 16.4. The maximum atomic E-state index is 12.7. The average Bonchev–Trinajstić information content (AvgIpc) is 2.54. The van der Waals surface area contributed by atoms with Crippen LogP contribution in [0.3, 0.4) is 0 Å². The predicted octanol–water partition coefficient (Wildman–Crippen LogP) is 2.80. The third-order valence-electron chi connectivity index (χ3n) is 4.88. The van der Waals surface area contributed by atoms with Gasteiger partial charge in [0.2, 0.25) is 0 Å². The van der Waals surface area contributed by atoms with Gasteiger partial charge in [0.15, 0.2) is 0 Å². The standard InChI is InChI=1S/C17H23ClIN3O/c1-20-6-2-3-14(12-20)21-7-9-22(10-8-21)17(23)15-5-4-13(19)11-16(15)18/h4-5,11,14H,2-3,6-10,12H2,1H3. The topological polar surface area (TPSA) is 26.8 Å². The Morgan fingerprint density at radius 1 is 1.22 bits per heavy atom. The van der Waals surface area contributed by atoms with Gasteiger partial charge in [-0.2, -0.15) is 0 Å². The maximum Gasteiger partial charge on any atom is 0.255 e. The van der Waals surface area contributed by atoms with Crippen LogP contribution in [-0.4, -0.2) is 73.0 Å². The highest BCUT2D eigenvalue weighted by molar-refractivity contribution is 14.1. The Labute approximate surface area is 156 Å². The molecule has 0 aliphatic carbocycles. The van der Waals surface area contributed by atoms with Gasteiger partial charge in [-0.15, -0.1) is 0 Å². The van der Waals surface area contributed by atoms with Crippen LogP contribution in [0.25, 0.3) is 0 Å². The summed E-state index contributed by atoms with van der Waals surface area (Å²) in [5.74, 6) is 0.0619. The van der Waals surface area contributed by atoms with E-state index in [0.717, 1.165) is 36.3 Å². The van der Waals surface area contributed by atoms with Crippen molar-refractivity contribution in [2.45, 2.75) is 18.9 Å². The van der Waals surface area contributed by atoms with Gasteiger partial charge >= 0.3 is 0 Å². The van der Waals surface area contributed by atoms with Crippen LogP contribution in [0.15, 0.2) is 18.2 Å². The van der Waals surface area contributed by atoms with Crippen molar-refractivity contribution in [3.05, 3.63) is 32.4 Å². The van der Waals surface area contributed by atoms with Gasteiger partial charge in [0, 0.05) is 42.3 Å². The van der Waals surface area contributed by atoms with Crippen molar-refractivity contribution in [3.8, 4) is 0 Å². The molecular weight excluding hydrogens is 425 g/mol. The summed E-state index contributed by atoms with van der Waals surface area (Å²) in [7, 11) is 2.20. The average molecular weight is 448 g/mol. The quantitative estimate of drug-likeness (QED) is 0.653. The normalized spacial score (nSPS) is 24.0. The molecule has 1 aromatic carbocycles. The lowest BCUT2D eigenvalue weighted by atomic mass is 10.0. The van der Waals surface area contributed by atoms with E-state index in [9.17, 15) is 4.79 Å². The first-order valence-electron chi connectivity index (χ1n) is 8.21. The monoisotopic (exact) mass is 447 g/mol. The minimum absolute atomic E-state index is 0.0619. The molecule has 0 aromatic heterocycles. The number of likely N-dealkylation sites (N-methyl/N-ethyl adjacent to an activating group) is 1. The molecule has 1 aromatic rings. The van der Waals surface area contributed by atoms with Crippen LogP contribution in [-0.2, 0) is 0 Å². The summed E-state index contributed by atoms with van der Waals surface area (Å²) in [6.07, 6.45) is 2.56. The molecule has 1 amide bonds. The highest BCUT2D eigenvalue weighted by Gasteiger charge is 2.29. The number of amides is 1. The number of rotatable bonds is 2. The number of piperidine rings is 1. The summed E-state index contributed by atoms with van der Waals surface area (Å²) in [6.45, 7) is 5.87. The van der Waals surface area contributed by atoms with Crippen molar-refractivity contribution < 1.29 is 4.79 Å². The van der Waals surface area contributed by atoms with Crippen LogP contribution in [0.2, 0.25) is 5.02 Å². The van der Waals surface area contributed by atoms with E-state index in [-0.39, 0.29) is 5.91 Å². The lowest BCUT2D eigenvalue weighted by molar-refractivity contribution is 0.0452. The molecule has 2 heterocycles. The van der Waals surface area contributed by atoms with E-state index in [4.69, 9.17) is 11.6 Å². The van der Waals surface area contributed by atoms with Crippen LogP contribution in [0, 0.1) is 3.57 Å². The molecule has 0 spiro atoms. The summed E-state index contributed by atoms with van der Waals surface area (Å²) < 4.78 is 1.05. The Balaban J connectivity index is 1.59. The van der Waals surface area contributed by atoms with Crippen LogP contribution < -0.4 is 0 Å². The van der Waals surface area contributed by atoms with E-state index in [0.29, 0.717) is 16.6 Å². The predicted molar refractivity (Wildman–Crippen MR) is 102 cm³/mol. The number of likely N-dealkylation sites (tertiary alicyclic amines) is 1. The molecule has 2 fully saturated rings. The van der Waals surface area contributed by atoms with Crippen LogP contribution in [0.1, 0.15) is 23.2 Å². The minimum Gasteiger partial charge on any atom is -0.336 e. The van der Waals surface area contributed by atoms with Gasteiger partial charge in [0.25, 0.3) is 5.91 Å². The van der Waals surface area contributed by atoms with Gasteiger partial charge in [0.05, 0.1) is 10.6 Å². The smallest absolute Gasteiger partial charge is 0.255 e. The number of halogens is 2. The number of nitrogens with zero attached hydrogens (tertiary/aromatic N) is 3. The molecule has 3 rings (SSSR count). The third kappa shape index (κ3) is 4.18. The second-order valence-corrected chi connectivity index (χ2v) is 8.16. The van der Waals surface area contributed by atoms with E-state index < -0.39 is 0 Å². The highest BCUT2D eigenvalue weighted by Crippen LogP contribution is 2.22. The molecule has 0 N–H and O–H groups in total. The minimum atomic E-state index is 0.0619. The summed E-state index contributed by atoms with van der Waals surface area (Å²) in [4.78, 5) is 19.6. The number of carbonyl (C=O) groups excluding carboxylic acids is 1. The molecule has 1 atom stereocenters. The first-order valence-corrected chi connectivity index (χ1v) is 9.67. The van der Waals surface area contributed by atoms with Crippen molar-refractivity contribution in [1.82, 2.24) is 14.7 Å². The Morgan fingerprint density at radius 3 is 2.61 bits per heavy atom. The molecule has 0 saturated carbocycles. The number of hydrogen-bond donors (Lipinski definition) is 0. The maximum absolute atomic E-state index is 12.7. The fourth-order valence-corrected chi connectivity index (χ4v) is 4.50. The van der Waals surface area contributed by atoms with Gasteiger partial charge < -0.3 is 9.80 Å². The molecule has 2 saturated heterocycles. The van der Waals surface area contributed by atoms with Gasteiger partial charge in [-0.3, -0.25) is 9.69 Å². The van der Waals surface area contributed by atoms with E-state index in [2.05, 4.69) is 39.4 Å². The molecule has 0 bridgehead atoms. The fraction of sp³-hybridized carbons (Fsp3) is 0.588. The van der Waals surface area contributed by atoms with E-state index in [1.165, 1.54) is 19.4 Å². The van der Waals surface area contributed by atoms with Gasteiger partial charge in [-0.1, -0.05) is 11.6 Å². The van der Waals surface area contributed by atoms with E-state index in [1.54, 1.807) is 0 Å². The Kier molecular flexibility index (Phi) is 5.82. The first-order chi connectivity index (χ1) is 11.0. The van der Waals surface area contributed by atoms with E-state index in [1.807, 2.05) is 23.1 Å². The summed E-state index contributed by atoms with van der Waals surface area (Å²) in [5.41, 5.74) is 0.623. The molecular formula is C17H23ClIN3O. The van der Waals surface area contributed by atoms with E-state index >= 15 is 0 Å². The van der Waals surface area contributed by atoms with Crippen LogP contribution >= 0.6 is 34.2 Å². The number of piperazine rings is 1. The molecule has 2 aliphatic rings. The zero-order valence-corrected chi connectivity index (χ0v) is 16.4. The molecule has 1 unspecified atom stereocenters. The summed E-state index contributed by atoms with van der Waals surface area (Å²) in [5, 5.41) is 0.554. The van der Waals surface area contributed by atoms with Crippen molar-refractivity contribution in [2.75, 3.05) is 46.3 Å². The summed E-state index contributed by atoms with van der Waals surface area (Å²) in [6, 6.07) is 6.28. The van der Waals surface area contributed by atoms with Crippen LogP contribution in [0.5, 0.6) is 0 Å². The lowest BCUT2D eigenvalue weighted by Crippen LogP contribution is -2.55. The Bertz CT molecular complexity index is 575. The molecule has 2 aliphatic heterocycles. The fourth-order valence-electron chi connectivity index (χ4n) is 3.56. The molecule has 6 heteroatoms. The largest absolute Gasteiger partial charge is 0.336 e. The molecule has 4 nitrogen and oxygen atoms in total. The Morgan fingerprint density at radius 2 is 1.96 bits per heavy atom. The number of carbonyl (C=O) groups is 1. The second kappa shape index (κ2) is 7.68. The third-order valence-corrected chi connectivity index (χ3v) is 5.86. The number of benzene rings is 1. The van der Waals surface area contributed by atoms with Gasteiger partial charge in [-0.25, -0.2) is 0 Å².